The van der Waals surface area contributed by atoms with Crippen molar-refractivity contribution in [1.82, 2.24) is 0 Å². The fourth-order valence-corrected chi connectivity index (χ4v) is 2.38. The predicted octanol–water partition coefficient (Wildman–Crippen LogP) is 5.44. The summed E-state index contributed by atoms with van der Waals surface area (Å²) in [6.45, 7) is 0. The predicted molar refractivity (Wildman–Crippen MR) is 78.4 cm³/mol. The van der Waals surface area contributed by atoms with Gasteiger partial charge in [-0.2, -0.15) is 37.7 Å². The van der Waals surface area contributed by atoms with E-state index in [4.69, 9.17) is 0 Å². The first kappa shape index (κ1) is 18.1. The monoisotopic (exact) mass is 365 g/mol. The summed E-state index contributed by atoms with van der Waals surface area (Å²) in [6, 6.07) is 2.59. The fourth-order valence-electron chi connectivity index (χ4n) is 1.75. The number of benzene rings is 1. The molecule has 0 aliphatic heterocycles. The zero-order valence-electron chi connectivity index (χ0n) is 11.7. The molecule has 24 heavy (non-hydrogen) atoms. The van der Waals surface area contributed by atoms with Gasteiger partial charge in [-0.25, -0.2) is 0 Å². The molecule has 0 atom stereocenters. The molecule has 1 aromatic heterocycles. The van der Waals surface area contributed by atoms with Gasteiger partial charge in [-0.3, -0.25) is 4.79 Å². The number of hydrogen-bond acceptors (Lipinski definition) is 2. The standard InChI is InChI=1S/C15H9F6NOS/c16-14(17,18)10-5-11(15(19,20)21)7-12(6-10)22-13(23)2-1-9-3-4-24-8-9/h1-8H,(H,22,23). The van der Waals surface area contributed by atoms with E-state index in [0.717, 1.165) is 6.08 Å². The van der Waals surface area contributed by atoms with Gasteiger partial charge < -0.3 is 5.32 Å². The molecule has 0 saturated heterocycles. The molecule has 0 spiro atoms. The number of hydrogen-bond donors (Lipinski definition) is 1. The lowest BCUT2D eigenvalue weighted by Crippen LogP contribution is -2.14. The smallest absolute Gasteiger partial charge is 0.322 e. The highest BCUT2D eigenvalue weighted by atomic mass is 32.1. The van der Waals surface area contributed by atoms with E-state index in [1.54, 1.807) is 16.8 Å². The Morgan fingerprint density at radius 2 is 1.58 bits per heavy atom. The molecule has 1 amide bonds. The highest BCUT2D eigenvalue weighted by Crippen LogP contribution is 2.37. The van der Waals surface area contributed by atoms with Crippen LogP contribution in [0.2, 0.25) is 0 Å². The van der Waals surface area contributed by atoms with E-state index in [9.17, 15) is 31.1 Å². The van der Waals surface area contributed by atoms with Gasteiger partial charge in [0.25, 0.3) is 0 Å². The first-order valence-corrected chi connectivity index (χ1v) is 7.31. The third-order valence-electron chi connectivity index (χ3n) is 2.83. The topological polar surface area (TPSA) is 29.1 Å². The Balaban J connectivity index is 2.27. The van der Waals surface area contributed by atoms with E-state index in [0.29, 0.717) is 17.7 Å². The zero-order valence-corrected chi connectivity index (χ0v) is 12.5. The van der Waals surface area contributed by atoms with Gasteiger partial charge >= 0.3 is 12.4 Å². The number of alkyl halides is 6. The minimum absolute atomic E-state index is 0.00312. The molecular formula is C15H9F6NOS. The van der Waals surface area contributed by atoms with Gasteiger partial charge in [-0.1, -0.05) is 0 Å². The van der Waals surface area contributed by atoms with E-state index >= 15 is 0 Å². The number of halogens is 6. The van der Waals surface area contributed by atoms with Crippen LogP contribution in [0.25, 0.3) is 6.08 Å². The van der Waals surface area contributed by atoms with Crippen molar-refractivity contribution in [2.45, 2.75) is 12.4 Å². The lowest BCUT2D eigenvalue weighted by atomic mass is 10.1. The molecule has 1 heterocycles. The maximum Gasteiger partial charge on any atom is 0.416 e. The lowest BCUT2D eigenvalue weighted by molar-refractivity contribution is -0.143. The number of carbonyl (C=O) groups is 1. The molecule has 1 N–H and O–H groups in total. The van der Waals surface area contributed by atoms with Crippen LogP contribution in [0, 0.1) is 0 Å². The second-order valence-corrected chi connectivity index (χ2v) is 5.45. The van der Waals surface area contributed by atoms with Gasteiger partial charge in [0.15, 0.2) is 0 Å². The second-order valence-electron chi connectivity index (χ2n) is 4.67. The Kier molecular flexibility index (Phi) is 5.02. The first-order valence-electron chi connectivity index (χ1n) is 6.36. The van der Waals surface area contributed by atoms with Crippen molar-refractivity contribution in [1.29, 1.82) is 0 Å². The summed E-state index contributed by atoms with van der Waals surface area (Å²) in [5, 5.41) is 5.48. The summed E-state index contributed by atoms with van der Waals surface area (Å²) in [6.07, 6.45) is -7.51. The maximum absolute atomic E-state index is 12.7. The molecule has 2 nitrogen and oxygen atoms in total. The molecule has 0 unspecified atom stereocenters. The number of anilines is 1. The molecule has 0 saturated carbocycles. The van der Waals surface area contributed by atoms with Crippen molar-refractivity contribution in [3.63, 3.8) is 0 Å². The molecule has 2 rings (SSSR count). The van der Waals surface area contributed by atoms with Crippen LogP contribution in [-0.4, -0.2) is 5.91 Å². The van der Waals surface area contributed by atoms with Crippen molar-refractivity contribution in [2.75, 3.05) is 5.32 Å². The van der Waals surface area contributed by atoms with E-state index in [1.807, 2.05) is 5.32 Å². The largest absolute Gasteiger partial charge is 0.416 e. The van der Waals surface area contributed by atoms with Crippen LogP contribution in [-0.2, 0) is 17.1 Å². The molecule has 0 radical (unpaired) electrons. The highest BCUT2D eigenvalue weighted by molar-refractivity contribution is 7.08. The van der Waals surface area contributed by atoms with Crippen molar-refractivity contribution in [3.05, 3.63) is 57.8 Å². The number of rotatable bonds is 3. The first-order chi connectivity index (χ1) is 11.1. The number of thiophene rings is 1. The Hall–Kier alpha value is -2.29. The third kappa shape index (κ3) is 4.85. The van der Waals surface area contributed by atoms with E-state index < -0.39 is 35.1 Å². The summed E-state index contributed by atoms with van der Waals surface area (Å²) in [4.78, 5) is 11.7. The summed E-state index contributed by atoms with van der Waals surface area (Å²) in [5.41, 5.74) is -2.88. The summed E-state index contributed by atoms with van der Waals surface area (Å²) in [7, 11) is 0. The average molecular weight is 365 g/mol. The van der Waals surface area contributed by atoms with Crippen LogP contribution < -0.4 is 5.32 Å². The Bertz CT molecular complexity index is 714. The second kappa shape index (κ2) is 6.68. The molecule has 2 aromatic rings. The van der Waals surface area contributed by atoms with Crippen molar-refractivity contribution < 1.29 is 31.1 Å². The van der Waals surface area contributed by atoms with Crippen LogP contribution in [0.5, 0.6) is 0 Å². The molecule has 9 heteroatoms. The summed E-state index contributed by atoms with van der Waals surface area (Å²) >= 11 is 1.37. The van der Waals surface area contributed by atoms with Crippen LogP contribution in [0.15, 0.2) is 41.1 Å². The number of amides is 1. The van der Waals surface area contributed by atoms with E-state index in [2.05, 4.69) is 0 Å². The van der Waals surface area contributed by atoms with Crippen LogP contribution in [0.1, 0.15) is 16.7 Å². The van der Waals surface area contributed by atoms with Gasteiger partial charge in [0, 0.05) is 11.8 Å². The molecule has 1 aromatic carbocycles. The molecule has 128 valence electrons. The van der Waals surface area contributed by atoms with Crippen LogP contribution >= 0.6 is 11.3 Å². The highest BCUT2D eigenvalue weighted by Gasteiger charge is 2.37. The van der Waals surface area contributed by atoms with Crippen molar-refractivity contribution in [3.8, 4) is 0 Å². The Labute approximate surface area is 136 Å². The number of carbonyl (C=O) groups excluding carboxylic acids is 1. The minimum Gasteiger partial charge on any atom is -0.322 e. The van der Waals surface area contributed by atoms with Gasteiger partial charge in [-0.05, 0) is 46.7 Å². The lowest BCUT2D eigenvalue weighted by Gasteiger charge is -2.14. The van der Waals surface area contributed by atoms with Gasteiger partial charge in [-0.15, -0.1) is 0 Å². The third-order valence-corrected chi connectivity index (χ3v) is 3.53. The van der Waals surface area contributed by atoms with Gasteiger partial charge in [0.1, 0.15) is 0 Å². The van der Waals surface area contributed by atoms with Crippen LogP contribution in [0.3, 0.4) is 0 Å². The molecule has 0 aliphatic rings. The van der Waals surface area contributed by atoms with Crippen molar-refractivity contribution >= 4 is 29.0 Å². The van der Waals surface area contributed by atoms with Gasteiger partial charge in [0.2, 0.25) is 5.91 Å². The van der Waals surface area contributed by atoms with Crippen LogP contribution in [0.4, 0.5) is 32.0 Å². The van der Waals surface area contributed by atoms with E-state index in [1.165, 1.54) is 17.4 Å². The Morgan fingerprint density at radius 1 is 1.00 bits per heavy atom. The molecule has 0 bridgehead atoms. The average Bonchev–Trinajstić information content (AvgIpc) is 2.96. The summed E-state index contributed by atoms with van der Waals surface area (Å²) < 4.78 is 76.3. The fraction of sp³-hybridized carbons (Fsp3) is 0.133. The molecule has 0 fully saturated rings. The maximum atomic E-state index is 12.7. The van der Waals surface area contributed by atoms with Gasteiger partial charge in [0.05, 0.1) is 11.1 Å². The number of nitrogens with one attached hydrogen (secondary N) is 1. The summed E-state index contributed by atoms with van der Waals surface area (Å²) in [5.74, 6) is -0.839. The van der Waals surface area contributed by atoms with Crippen molar-refractivity contribution in [2.24, 2.45) is 0 Å². The molecule has 0 aliphatic carbocycles. The Morgan fingerprint density at radius 3 is 2.04 bits per heavy atom. The molecular weight excluding hydrogens is 356 g/mol. The quantitative estimate of drug-likeness (QED) is 0.570. The van der Waals surface area contributed by atoms with E-state index in [-0.39, 0.29) is 6.07 Å². The SMILES string of the molecule is O=C(C=Cc1ccsc1)Nc1cc(C(F)(F)F)cc(C(F)(F)F)c1. The normalized spacial score (nSPS) is 12.6. The zero-order chi connectivity index (χ0) is 18.0. The minimum atomic E-state index is -4.97.